The highest BCUT2D eigenvalue weighted by atomic mass is 32.2. The maximum absolute atomic E-state index is 12.5. The van der Waals surface area contributed by atoms with E-state index in [1.165, 1.54) is 4.31 Å². The van der Waals surface area contributed by atoms with Crippen molar-refractivity contribution in [2.75, 3.05) is 18.8 Å². The molecule has 1 aromatic rings. The van der Waals surface area contributed by atoms with Crippen molar-refractivity contribution in [1.82, 2.24) is 4.31 Å². The second-order valence-corrected chi connectivity index (χ2v) is 7.41. The Bertz CT molecular complexity index is 590. The summed E-state index contributed by atoms with van der Waals surface area (Å²) in [5, 5.41) is 10.2. The summed E-state index contributed by atoms with van der Waals surface area (Å²) in [6, 6.07) is 4.85. The minimum atomic E-state index is -3.57. The summed E-state index contributed by atoms with van der Waals surface area (Å²) in [4.78, 5) is 0.221. The van der Waals surface area contributed by atoms with Crippen LogP contribution < -0.4 is 5.73 Å². The zero-order valence-corrected chi connectivity index (χ0v) is 12.2. The number of hydrogen-bond acceptors (Lipinski definition) is 4. The highest BCUT2D eigenvalue weighted by molar-refractivity contribution is 7.89. The standard InChI is InChI=1S/C13H20N2O3S/c1-9(2)13(16)7-15(8-13)19(17,18)12-6-4-5-11(14)10(12)3/h4-6,9,16H,7-8,14H2,1-3H3. The van der Waals surface area contributed by atoms with Crippen molar-refractivity contribution in [3.8, 4) is 0 Å². The fraction of sp³-hybridized carbons (Fsp3) is 0.538. The molecule has 1 heterocycles. The van der Waals surface area contributed by atoms with Gasteiger partial charge in [-0.2, -0.15) is 4.31 Å². The average molecular weight is 284 g/mol. The van der Waals surface area contributed by atoms with Crippen LogP contribution in [-0.2, 0) is 10.0 Å². The quantitative estimate of drug-likeness (QED) is 0.810. The van der Waals surface area contributed by atoms with Crippen molar-refractivity contribution in [2.24, 2.45) is 5.92 Å². The predicted octanol–water partition coefficient (Wildman–Crippen LogP) is 0.969. The van der Waals surface area contributed by atoms with Crippen LogP contribution in [0.4, 0.5) is 5.69 Å². The molecule has 5 nitrogen and oxygen atoms in total. The Balaban J connectivity index is 2.29. The minimum absolute atomic E-state index is 0.0286. The molecule has 0 saturated carbocycles. The zero-order chi connectivity index (χ0) is 14.4. The Hall–Kier alpha value is -1.11. The molecule has 0 aromatic heterocycles. The van der Waals surface area contributed by atoms with Crippen molar-refractivity contribution in [3.05, 3.63) is 23.8 Å². The molecule has 1 fully saturated rings. The summed E-state index contributed by atoms with van der Waals surface area (Å²) in [5.74, 6) is 0.0286. The van der Waals surface area contributed by atoms with Gasteiger partial charge in [-0.05, 0) is 30.5 Å². The number of rotatable bonds is 3. The SMILES string of the molecule is Cc1c(N)cccc1S(=O)(=O)N1CC(O)(C(C)C)C1. The third-order valence-electron chi connectivity index (χ3n) is 3.92. The van der Waals surface area contributed by atoms with E-state index in [1.807, 2.05) is 13.8 Å². The topological polar surface area (TPSA) is 83.6 Å². The van der Waals surface area contributed by atoms with Crippen LogP contribution in [0, 0.1) is 12.8 Å². The summed E-state index contributed by atoms with van der Waals surface area (Å²) in [6.07, 6.45) is 0. The highest BCUT2D eigenvalue weighted by Gasteiger charge is 2.49. The van der Waals surface area contributed by atoms with Crippen LogP contribution in [0.2, 0.25) is 0 Å². The lowest BCUT2D eigenvalue weighted by Crippen LogP contribution is -2.65. The Kier molecular flexibility index (Phi) is 3.36. The monoisotopic (exact) mass is 284 g/mol. The van der Waals surface area contributed by atoms with Gasteiger partial charge >= 0.3 is 0 Å². The maximum atomic E-state index is 12.5. The molecule has 3 N–H and O–H groups in total. The van der Waals surface area contributed by atoms with Gasteiger partial charge in [0.1, 0.15) is 0 Å². The lowest BCUT2D eigenvalue weighted by atomic mass is 9.85. The smallest absolute Gasteiger partial charge is 0.243 e. The van der Waals surface area contributed by atoms with E-state index in [9.17, 15) is 13.5 Å². The number of β-amino-alcohol motifs (C(OH)–C–C–N with tert-alkyl or cyclic N) is 1. The Morgan fingerprint density at radius 1 is 1.37 bits per heavy atom. The molecule has 0 amide bonds. The Labute approximate surface area is 114 Å². The van der Waals surface area contributed by atoms with Crippen LogP contribution in [0.3, 0.4) is 0 Å². The number of anilines is 1. The molecule has 0 unspecified atom stereocenters. The van der Waals surface area contributed by atoms with Crippen molar-refractivity contribution in [2.45, 2.75) is 31.3 Å². The molecule has 106 valence electrons. The van der Waals surface area contributed by atoms with Crippen LogP contribution in [0.15, 0.2) is 23.1 Å². The number of nitrogens with two attached hydrogens (primary N) is 1. The van der Waals surface area contributed by atoms with Gasteiger partial charge in [0.15, 0.2) is 0 Å². The van der Waals surface area contributed by atoms with Crippen LogP contribution in [-0.4, -0.2) is 36.5 Å². The van der Waals surface area contributed by atoms with E-state index in [0.717, 1.165) is 0 Å². The van der Waals surface area contributed by atoms with Crippen LogP contribution in [0.5, 0.6) is 0 Å². The number of nitrogen functional groups attached to an aromatic ring is 1. The summed E-state index contributed by atoms with van der Waals surface area (Å²) in [5.41, 5.74) is 5.85. The maximum Gasteiger partial charge on any atom is 0.243 e. The second kappa shape index (κ2) is 4.47. The van der Waals surface area contributed by atoms with E-state index in [2.05, 4.69) is 0 Å². The van der Waals surface area contributed by atoms with E-state index in [0.29, 0.717) is 11.3 Å². The first-order valence-corrected chi connectivity index (χ1v) is 7.70. The first kappa shape index (κ1) is 14.3. The third-order valence-corrected chi connectivity index (χ3v) is 5.85. The lowest BCUT2D eigenvalue weighted by molar-refractivity contribution is -0.0932. The molecule has 0 aliphatic carbocycles. The summed E-state index contributed by atoms with van der Waals surface area (Å²) in [6.45, 7) is 5.74. The van der Waals surface area contributed by atoms with Gasteiger partial charge in [0.2, 0.25) is 10.0 Å². The van der Waals surface area contributed by atoms with Gasteiger partial charge in [-0.25, -0.2) is 8.42 Å². The summed E-state index contributed by atoms with van der Waals surface area (Å²) in [7, 11) is -3.57. The lowest BCUT2D eigenvalue weighted by Gasteiger charge is -2.48. The number of hydrogen-bond donors (Lipinski definition) is 2. The minimum Gasteiger partial charge on any atom is -0.398 e. The molecule has 1 aliphatic heterocycles. The van der Waals surface area contributed by atoms with E-state index in [1.54, 1.807) is 25.1 Å². The predicted molar refractivity (Wildman–Crippen MR) is 74.1 cm³/mol. The molecule has 6 heteroatoms. The van der Waals surface area contributed by atoms with Crippen LogP contribution in [0.1, 0.15) is 19.4 Å². The number of aliphatic hydroxyl groups is 1. The molecule has 0 atom stereocenters. The largest absolute Gasteiger partial charge is 0.398 e. The van der Waals surface area contributed by atoms with E-state index < -0.39 is 15.6 Å². The van der Waals surface area contributed by atoms with Gasteiger partial charge in [-0.1, -0.05) is 19.9 Å². The van der Waals surface area contributed by atoms with Crippen molar-refractivity contribution >= 4 is 15.7 Å². The number of benzene rings is 1. The van der Waals surface area contributed by atoms with Crippen LogP contribution >= 0.6 is 0 Å². The summed E-state index contributed by atoms with van der Waals surface area (Å²) >= 11 is 0. The Morgan fingerprint density at radius 3 is 2.47 bits per heavy atom. The molecule has 1 aromatic carbocycles. The first-order chi connectivity index (χ1) is 8.68. The Morgan fingerprint density at radius 2 is 1.95 bits per heavy atom. The van der Waals surface area contributed by atoms with Gasteiger partial charge in [0.05, 0.1) is 10.5 Å². The molecular weight excluding hydrogens is 264 g/mol. The van der Waals surface area contributed by atoms with Gasteiger partial charge in [-0.3, -0.25) is 0 Å². The first-order valence-electron chi connectivity index (χ1n) is 6.26. The van der Waals surface area contributed by atoms with E-state index in [4.69, 9.17) is 5.73 Å². The van der Waals surface area contributed by atoms with E-state index >= 15 is 0 Å². The van der Waals surface area contributed by atoms with Crippen LogP contribution in [0.25, 0.3) is 0 Å². The van der Waals surface area contributed by atoms with Gasteiger partial charge in [0.25, 0.3) is 0 Å². The molecule has 0 spiro atoms. The van der Waals surface area contributed by atoms with Gasteiger partial charge in [-0.15, -0.1) is 0 Å². The summed E-state index contributed by atoms with van der Waals surface area (Å²) < 4.78 is 26.2. The number of nitrogens with zero attached hydrogens (tertiary/aromatic N) is 1. The van der Waals surface area contributed by atoms with Gasteiger partial charge in [0, 0.05) is 18.8 Å². The molecule has 2 rings (SSSR count). The van der Waals surface area contributed by atoms with Crippen molar-refractivity contribution in [3.63, 3.8) is 0 Å². The molecule has 0 bridgehead atoms. The van der Waals surface area contributed by atoms with E-state index in [-0.39, 0.29) is 23.9 Å². The fourth-order valence-corrected chi connectivity index (χ4v) is 3.97. The van der Waals surface area contributed by atoms with Crippen molar-refractivity contribution in [1.29, 1.82) is 0 Å². The fourth-order valence-electron chi connectivity index (χ4n) is 2.15. The normalized spacial score (nSPS) is 19.4. The second-order valence-electron chi connectivity index (χ2n) is 5.50. The highest BCUT2D eigenvalue weighted by Crippen LogP contribution is 2.34. The molecule has 1 saturated heterocycles. The van der Waals surface area contributed by atoms with Crippen molar-refractivity contribution < 1.29 is 13.5 Å². The zero-order valence-electron chi connectivity index (χ0n) is 11.4. The van der Waals surface area contributed by atoms with Gasteiger partial charge < -0.3 is 10.8 Å². The molecule has 19 heavy (non-hydrogen) atoms. The average Bonchev–Trinajstić information content (AvgIpc) is 2.27. The molecule has 1 aliphatic rings. The third kappa shape index (κ3) is 2.24. The molecular formula is C13H20N2O3S. The number of sulfonamides is 1. The molecule has 0 radical (unpaired) electrons.